The van der Waals surface area contributed by atoms with Crippen LogP contribution < -0.4 is 5.76 Å². The Morgan fingerprint density at radius 2 is 2.14 bits per heavy atom. The van der Waals surface area contributed by atoms with Crippen LogP contribution in [0.2, 0.25) is 0 Å². The maximum absolute atomic E-state index is 11.9. The second kappa shape index (κ2) is 5.06. The van der Waals surface area contributed by atoms with Crippen molar-refractivity contribution in [1.29, 1.82) is 0 Å². The summed E-state index contributed by atoms with van der Waals surface area (Å²) in [5.41, 5.74) is 2.30. The summed E-state index contributed by atoms with van der Waals surface area (Å²) in [5.74, 6) is -0.666. The number of hydrogen-bond donors (Lipinski definition) is 1. The highest BCUT2D eigenvalue weighted by Crippen LogP contribution is 2.45. The molecule has 3 rings (SSSR count). The average Bonchev–Trinajstić information content (AvgIpc) is 3.17. The molecular formula is C16H19NO4. The summed E-state index contributed by atoms with van der Waals surface area (Å²) < 4.78 is 6.86. The summed E-state index contributed by atoms with van der Waals surface area (Å²) in [6.45, 7) is 3.86. The summed E-state index contributed by atoms with van der Waals surface area (Å²) in [5, 5.41) is 9.11. The smallest absolute Gasteiger partial charge is 0.420 e. The van der Waals surface area contributed by atoms with Crippen LogP contribution in [0, 0.1) is 5.92 Å². The van der Waals surface area contributed by atoms with Crippen molar-refractivity contribution in [3.63, 3.8) is 0 Å². The first kappa shape index (κ1) is 13.9. The Bertz CT molecular complexity index is 736. The normalized spacial score (nSPS) is 16.5. The van der Waals surface area contributed by atoms with Crippen LogP contribution in [0.1, 0.15) is 50.6 Å². The molecule has 1 unspecified atom stereocenters. The van der Waals surface area contributed by atoms with Gasteiger partial charge >= 0.3 is 11.7 Å². The van der Waals surface area contributed by atoms with Gasteiger partial charge in [0.15, 0.2) is 5.58 Å². The van der Waals surface area contributed by atoms with E-state index >= 15 is 0 Å². The number of aliphatic carboxylic acids is 1. The average molecular weight is 289 g/mol. The van der Waals surface area contributed by atoms with Crippen LogP contribution in [0.15, 0.2) is 27.4 Å². The number of aromatic nitrogens is 1. The number of fused-ring (bicyclic) bond motifs is 1. The molecule has 1 aromatic heterocycles. The second-order valence-corrected chi connectivity index (χ2v) is 6.10. The molecule has 0 bridgehead atoms. The van der Waals surface area contributed by atoms with Gasteiger partial charge in [0.25, 0.3) is 0 Å². The van der Waals surface area contributed by atoms with Crippen molar-refractivity contribution in [2.45, 2.75) is 45.1 Å². The Hall–Kier alpha value is -2.04. The Balaban J connectivity index is 2.08. The molecular weight excluding hydrogens is 270 g/mol. The van der Waals surface area contributed by atoms with Crippen molar-refractivity contribution in [2.24, 2.45) is 5.92 Å². The van der Waals surface area contributed by atoms with Gasteiger partial charge in [0.2, 0.25) is 0 Å². The molecule has 0 radical (unpaired) electrons. The molecule has 1 heterocycles. The molecule has 2 aromatic rings. The van der Waals surface area contributed by atoms with Gasteiger partial charge < -0.3 is 9.52 Å². The van der Waals surface area contributed by atoms with E-state index in [0.717, 1.165) is 23.9 Å². The molecule has 1 saturated carbocycles. The van der Waals surface area contributed by atoms with E-state index < -0.39 is 5.97 Å². The number of hydrogen-bond acceptors (Lipinski definition) is 3. The lowest BCUT2D eigenvalue weighted by Crippen LogP contribution is -2.16. The lowest BCUT2D eigenvalue weighted by molar-refractivity contribution is -0.137. The minimum Gasteiger partial charge on any atom is -0.481 e. The van der Waals surface area contributed by atoms with E-state index in [9.17, 15) is 9.59 Å². The summed E-state index contributed by atoms with van der Waals surface area (Å²) in [4.78, 5) is 23.0. The molecule has 1 aliphatic carbocycles. The quantitative estimate of drug-likeness (QED) is 0.917. The molecule has 0 saturated heterocycles. The van der Waals surface area contributed by atoms with Crippen LogP contribution in [0.25, 0.3) is 11.1 Å². The van der Waals surface area contributed by atoms with Crippen molar-refractivity contribution in [3.05, 3.63) is 34.3 Å². The maximum Gasteiger partial charge on any atom is 0.420 e. The van der Waals surface area contributed by atoms with Crippen LogP contribution in [0.5, 0.6) is 0 Å². The van der Waals surface area contributed by atoms with Gasteiger partial charge in [-0.2, -0.15) is 0 Å². The van der Waals surface area contributed by atoms with Crippen molar-refractivity contribution < 1.29 is 14.3 Å². The molecule has 1 aliphatic rings. The minimum atomic E-state index is -0.777. The summed E-state index contributed by atoms with van der Waals surface area (Å²) >= 11 is 0. The molecule has 112 valence electrons. The van der Waals surface area contributed by atoms with Gasteiger partial charge in [-0.1, -0.05) is 6.07 Å². The van der Waals surface area contributed by atoms with Crippen LogP contribution in [0.4, 0.5) is 0 Å². The molecule has 1 fully saturated rings. The highest BCUT2D eigenvalue weighted by atomic mass is 16.4. The first-order valence-corrected chi connectivity index (χ1v) is 7.34. The van der Waals surface area contributed by atoms with Gasteiger partial charge in [-0.3, -0.25) is 9.36 Å². The fourth-order valence-electron chi connectivity index (χ4n) is 3.01. The fourth-order valence-corrected chi connectivity index (χ4v) is 3.01. The van der Waals surface area contributed by atoms with E-state index in [2.05, 4.69) is 0 Å². The van der Waals surface area contributed by atoms with Crippen LogP contribution in [-0.4, -0.2) is 15.6 Å². The van der Waals surface area contributed by atoms with E-state index in [-0.39, 0.29) is 24.1 Å². The topological polar surface area (TPSA) is 72.4 Å². The Morgan fingerprint density at radius 1 is 1.43 bits per heavy atom. The van der Waals surface area contributed by atoms with Crippen molar-refractivity contribution in [3.8, 4) is 0 Å². The molecule has 0 amide bonds. The number of nitrogens with zero attached hydrogens (tertiary/aromatic N) is 1. The molecule has 0 spiro atoms. The van der Waals surface area contributed by atoms with Crippen LogP contribution in [-0.2, 0) is 4.79 Å². The predicted molar refractivity (Wildman–Crippen MR) is 78.6 cm³/mol. The van der Waals surface area contributed by atoms with E-state index in [4.69, 9.17) is 9.52 Å². The Labute approximate surface area is 122 Å². The summed E-state index contributed by atoms with van der Waals surface area (Å²) in [6, 6.07) is 5.60. The SMILES string of the molecule is CC(C)n1c(=O)oc2ccc(C(CC(=O)O)C3CC3)cc21. The summed E-state index contributed by atoms with van der Waals surface area (Å²) in [7, 11) is 0. The van der Waals surface area contributed by atoms with Gasteiger partial charge in [0.1, 0.15) is 0 Å². The second-order valence-electron chi connectivity index (χ2n) is 6.10. The third-order valence-electron chi connectivity index (χ3n) is 4.17. The van der Waals surface area contributed by atoms with E-state index in [0.29, 0.717) is 11.5 Å². The highest BCUT2D eigenvalue weighted by Gasteiger charge is 2.34. The van der Waals surface area contributed by atoms with Crippen LogP contribution in [0.3, 0.4) is 0 Å². The zero-order valence-corrected chi connectivity index (χ0v) is 12.2. The van der Waals surface area contributed by atoms with Crippen molar-refractivity contribution in [2.75, 3.05) is 0 Å². The maximum atomic E-state index is 11.9. The highest BCUT2D eigenvalue weighted by molar-refractivity contribution is 5.75. The van der Waals surface area contributed by atoms with Crippen molar-refractivity contribution in [1.82, 2.24) is 4.57 Å². The molecule has 21 heavy (non-hydrogen) atoms. The lowest BCUT2D eigenvalue weighted by Gasteiger charge is -2.15. The zero-order chi connectivity index (χ0) is 15.1. The molecule has 0 aliphatic heterocycles. The molecule has 1 atom stereocenters. The third-order valence-corrected chi connectivity index (χ3v) is 4.17. The van der Waals surface area contributed by atoms with Gasteiger partial charge in [0.05, 0.1) is 11.9 Å². The van der Waals surface area contributed by atoms with Crippen molar-refractivity contribution >= 4 is 17.1 Å². The largest absolute Gasteiger partial charge is 0.481 e. The van der Waals surface area contributed by atoms with Gasteiger partial charge in [-0.05, 0) is 56.2 Å². The number of oxazole rings is 1. The Kier molecular flexibility index (Phi) is 3.35. The van der Waals surface area contributed by atoms with Gasteiger partial charge in [-0.25, -0.2) is 4.79 Å². The zero-order valence-electron chi connectivity index (χ0n) is 12.2. The van der Waals surface area contributed by atoms with Gasteiger partial charge in [-0.15, -0.1) is 0 Å². The first-order chi connectivity index (χ1) is 9.97. The molecule has 5 nitrogen and oxygen atoms in total. The lowest BCUT2D eigenvalue weighted by atomic mass is 9.91. The number of carboxylic acid groups (broad SMARTS) is 1. The monoisotopic (exact) mass is 289 g/mol. The Morgan fingerprint density at radius 3 is 2.71 bits per heavy atom. The number of rotatable bonds is 5. The number of benzene rings is 1. The van der Waals surface area contributed by atoms with E-state index in [1.54, 1.807) is 10.6 Å². The first-order valence-electron chi connectivity index (χ1n) is 7.34. The number of carboxylic acids is 1. The van der Waals surface area contributed by atoms with E-state index in [1.165, 1.54) is 0 Å². The standard InChI is InChI=1S/C16H19NO4/c1-9(2)17-13-7-11(5-6-14(13)21-16(17)20)12(8-15(18)19)10-3-4-10/h5-7,9-10,12H,3-4,8H2,1-2H3,(H,18,19). The predicted octanol–water partition coefficient (Wildman–Crippen LogP) is 3.14. The molecule has 1 aromatic carbocycles. The third kappa shape index (κ3) is 2.60. The van der Waals surface area contributed by atoms with Crippen LogP contribution >= 0.6 is 0 Å². The number of carbonyl (C=O) groups is 1. The van der Waals surface area contributed by atoms with Gasteiger partial charge in [0, 0.05) is 6.04 Å². The molecule has 5 heteroatoms. The fraction of sp³-hybridized carbons (Fsp3) is 0.500. The minimum absolute atomic E-state index is 0.00727. The summed E-state index contributed by atoms with van der Waals surface area (Å²) in [6.07, 6.45) is 2.30. The molecule has 1 N–H and O–H groups in total. The van der Waals surface area contributed by atoms with E-state index in [1.807, 2.05) is 26.0 Å².